The number of hydrogen-bond acceptors (Lipinski definition) is 7. The summed E-state index contributed by atoms with van der Waals surface area (Å²) in [5.74, 6) is 0.940. The molecular weight excluding hydrogens is 579 g/mol. The summed E-state index contributed by atoms with van der Waals surface area (Å²) in [7, 11) is 3.19. The highest BCUT2D eigenvalue weighted by molar-refractivity contribution is 5.94. The smallest absolute Gasteiger partial charge is 0.251 e. The molecule has 2 amide bonds. The highest BCUT2D eigenvalue weighted by Crippen LogP contribution is 2.23. The van der Waals surface area contributed by atoms with Gasteiger partial charge in [-0.1, -0.05) is 35.9 Å². The number of nitrogens with zero attached hydrogens (tertiary/aromatic N) is 2. The molecule has 2 N–H and O–H groups in total. The Morgan fingerprint density at radius 1 is 1.07 bits per heavy atom. The Kier molecular flexibility index (Phi) is 18.6. The Hall–Kier alpha value is -5.32. The highest BCUT2D eigenvalue weighted by atomic mass is 19.1. The third kappa shape index (κ3) is 15.1. The van der Waals surface area contributed by atoms with E-state index in [-0.39, 0.29) is 20.5 Å². The molecule has 0 saturated carbocycles. The molecule has 0 aliphatic heterocycles. The van der Waals surface area contributed by atoms with Crippen molar-refractivity contribution in [3.63, 3.8) is 0 Å². The van der Waals surface area contributed by atoms with E-state index in [0.717, 1.165) is 23.0 Å². The van der Waals surface area contributed by atoms with Gasteiger partial charge < -0.3 is 29.7 Å². The molecule has 0 atom stereocenters. The molecule has 0 unspecified atom stereocenters. The minimum absolute atomic E-state index is 0. The van der Waals surface area contributed by atoms with E-state index in [9.17, 15) is 14.0 Å². The summed E-state index contributed by atoms with van der Waals surface area (Å²) in [5.41, 5.74) is 3.59. The number of nitrogens with one attached hydrogen (secondary N) is 2. The molecule has 45 heavy (non-hydrogen) atoms. The number of hydrogen-bond donors (Lipinski definition) is 2. The summed E-state index contributed by atoms with van der Waals surface area (Å²) in [6.45, 7) is 6.63. The van der Waals surface area contributed by atoms with Gasteiger partial charge in [-0.05, 0) is 73.9 Å². The molecule has 0 bridgehead atoms. The van der Waals surface area contributed by atoms with Gasteiger partial charge in [0.1, 0.15) is 37.0 Å². The third-order valence-corrected chi connectivity index (χ3v) is 5.92. The van der Waals surface area contributed by atoms with E-state index in [1.807, 2.05) is 48.9 Å². The summed E-state index contributed by atoms with van der Waals surface area (Å²) in [6, 6.07) is 21.2. The van der Waals surface area contributed by atoms with Crippen molar-refractivity contribution >= 4 is 24.9 Å². The minimum atomic E-state index is -0.195. The van der Waals surface area contributed by atoms with Gasteiger partial charge in [0.05, 0.1) is 20.2 Å². The quantitative estimate of drug-likeness (QED) is 0.176. The first-order valence-corrected chi connectivity index (χ1v) is 14.0. The number of amides is 2. The maximum Gasteiger partial charge on any atom is 0.251 e. The lowest BCUT2D eigenvalue weighted by molar-refractivity contribution is -0.120. The van der Waals surface area contributed by atoms with Crippen LogP contribution < -0.4 is 20.1 Å². The zero-order valence-electron chi connectivity index (χ0n) is 26.1. The predicted molar refractivity (Wildman–Crippen MR) is 175 cm³/mol. The average Bonchev–Trinajstić information content (AvgIpc) is 3.58. The van der Waals surface area contributed by atoms with Gasteiger partial charge in [-0.2, -0.15) is 5.10 Å². The second kappa shape index (κ2) is 22.3. The molecule has 11 heteroatoms. The van der Waals surface area contributed by atoms with Gasteiger partial charge in [0, 0.05) is 34.3 Å². The summed E-state index contributed by atoms with van der Waals surface area (Å²) < 4.78 is 25.1. The first-order chi connectivity index (χ1) is 21.8. The van der Waals surface area contributed by atoms with E-state index in [1.54, 1.807) is 56.8 Å². The van der Waals surface area contributed by atoms with Crippen LogP contribution in [0.2, 0.25) is 0 Å². The van der Waals surface area contributed by atoms with Crippen LogP contribution in [-0.4, -0.2) is 62.0 Å². The second-order valence-corrected chi connectivity index (χ2v) is 9.19. The van der Waals surface area contributed by atoms with Crippen molar-refractivity contribution < 1.29 is 35.9 Å². The number of aldehydes is 1. The Labute approximate surface area is 266 Å². The van der Waals surface area contributed by atoms with Gasteiger partial charge in [-0.15, -0.1) is 0 Å². The van der Waals surface area contributed by atoms with E-state index in [4.69, 9.17) is 19.1 Å². The van der Waals surface area contributed by atoms with Crippen LogP contribution in [0.1, 0.15) is 43.2 Å². The van der Waals surface area contributed by atoms with E-state index in [2.05, 4.69) is 15.7 Å². The molecular formula is C34H45FN4O6. The summed E-state index contributed by atoms with van der Waals surface area (Å²) in [5, 5.41) is 9.73. The fourth-order valence-electron chi connectivity index (χ4n) is 3.72. The highest BCUT2D eigenvalue weighted by Gasteiger charge is 2.10. The molecule has 0 spiro atoms. The number of carbonyl (C=O) groups is 4. The molecule has 0 aliphatic carbocycles. The van der Waals surface area contributed by atoms with Gasteiger partial charge in [-0.3, -0.25) is 14.3 Å². The molecule has 0 fully saturated rings. The van der Waals surface area contributed by atoms with E-state index < -0.39 is 0 Å². The number of halogens is 1. The van der Waals surface area contributed by atoms with Crippen LogP contribution in [0.15, 0.2) is 85.2 Å². The van der Waals surface area contributed by atoms with Crippen LogP contribution in [0.25, 0.3) is 0 Å². The second-order valence-electron chi connectivity index (χ2n) is 9.19. The van der Waals surface area contributed by atoms with Crippen molar-refractivity contribution in [2.24, 2.45) is 0 Å². The van der Waals surface area contributed by atoms with Crippen molar-refractivity contribution in [2.75, 3.05) is 27.3 Å². The molecule has 0 aliphatic rings. The van der Waals surface area contributed by atoms with E-state index in [1.165, 1.54) is 19.1 Å². The topological polar surface area (TPSA) is 129 Å². The van der Waals surface area contributed by atoms with Gasteiger partial charge in [-0.25, -0.2) is 4.39 Å². The zero-order chi connectivity index (χ0) is 33.5. The Morgan fingerprint density at radius 3 is 2.38 bits per heavy atom. The summed E-state index contributed by atoms with van der Waals surface area (Å²) in [4.78, 5) is 40.8. The van der Waals surface area contributed by atoms with Crippen molar-refractivity contribution in [3.8, 4) is 11.5 Å². The largest absolute Gasteiger partial charge is 0.497 e. The van der Waals surface area contributed by atoms with Crippen LogP contribution in [-0.2, 0) is 27.3 Å². The average molecular weight is 625 g/mol. The number of aromatic nitrogens is 2. The number of rotatable bonds is 11. The molecule has 10 nitrogen and oxygen atoms in total. The third-order valence-electron chi connectivity index (χ3n) is 5.92. The molecule has 1 aromatic heterocycles. The fourth-order valence-corrected chi connectivity index (χ4v) is 3.72. The van der Waals surface area contributed by atoms with E-state index in [0.29, 0.717) is 49.6 Å². The van der Waals surface area contributed by atoms with Crippen LogP contribution in [0.3, 0.4) is 0 Å². The lowest BCUT2D eigenvalue weighted by atomic mass is 10.1. The molecule has 4 rings (SSSR count). The maximum absolute atomic E-state index is 12.4. The van der Waals surface area contributed by atoms with Gasteiger partial charge in [0.15, 0.2) is 0 Å². The van der Waals surface area contributed by atoms with Gasteiger partial charge >= 0.3 is 0 Å². The standard InChI is InChI=1S/C24H28N4O4.C7H7F.C2H4O.CH2O.2H2/c1-25-23(29)10-9-19-8-7-18(17-28-13-4-11-27-28)15-22(19)32-14-12-26-24(30)20-5-3-6-21(16-20)31-2;1-6-2-4-7(8)5-3-6;1-2-3;1-2;;/h3-8,11,13,15-16H,9-10,12,14,17H2,1-2H3,(H,25,29)(H,26,30);2-5H,1H3;2H,1H3;1H2;2*1H. The van der Waals surface area contributed by atoms with Crippen LogP contribution >= 0.6 is 0 Å². The first-order valence-electron chi connectivity index (χ1n) is 14.0. The minimum Gasteiger partial charge on any atom is -0.497 e. The Morgan fingerprint density at radius 2 is 1.78 bits per heavy atom. The molecule has 4 aromatic rings. The van der Waals surface area contributed by atoms with Crippen molar-refractivity contribution in [3.05, 3.63) is 113 Å². The summed E-state index contributed by atoms with van der Waals surface area (Å²) in [6.07, 6.45) is 5.32. The normalized spacial score (nSPS) is 9.44. The molecule has 244 valence electrons. The lowest BCUT2D eigenvalue weighted by Gasteiger charge is -2.14. The van der Waals surface area contributed by atoms with Crippen LogP contribution in [0, 0.1) is 12.7 Å². The Balaban J connectivity index is 0. The predicted octanol–water partition coefficient (Wildman–Crippen LogP) is 5.07. The number of aryl methyl sites for hydroxylation is 2. The number of carbonyl (C=O) groups excluding carboxylic acids is 4. The molecule has 1 heterocycles. The SMILES string of the molecule is C=O.CC=O.CNC(=O)CCc1ccc(Cn2cccn2)cc1OCCNC(=O)c1cccc(OC)c1.Cc1ccc(F)cc1.[HH].[HH]. The molecule has 3 aromatic carbocycles. The summed E-state index contributed by atoms with van der Waals surface area (Å²) >= 11 is 0. The number of benzene rings is 3. The van der Waals surface area contributed by atoms with Crippen LogP contribution in [0.4, 0.5) is 4.39 Å². The van der Waals surface area contributed by atoms with Crippen molar-refractivity contribution in [1.29, 1.82) is 0 Å². The van der Waals surface area contributed by atoms with Crippen molar-refractivity contribution in [2.45, 2.75) is 33.2 Å². The molecule has 0 radical (unpaired) electrons. The van der Waals surface area contributed by atoms with Gasteiger partial charge in [0.25, 0.3) is 5.91 Å². The Bertz CT molecular complexity index is 1420. The maximum atomic E-state index is 12.4. The first kappa shape index (κ1) is 37.7. The zero-order valence-corrected chi connectivity index (χ0v) is 26.1. The molecule has 0 saturated heterocycles. The lowest BCUT2D eigenvalue weighted by Crippen LogP contribution is -2.28. The number of ether oxygens (including phenoxy) is 2. The van der Waals surface area contributed by atoms with Crippen LogP contribution in [0.5, 0.6) is 11.5 Å². The monoisotopic (exact) mass is 624 g/mol. The van der Waals surface area contributed by atoms with E-state index >= 15 is 0 Å². The fraction of sp³-hybridized carbons (Fsp3) is 0.265. The number of methoxy groups -OCH3 is 1. The van der Waals surface area contributed by atoms with Gasteiger partial charge in [0.2, 0.25) is 5.91 Å². The van der Waals surface area contributed by atoms with Crippen molar-refractivity contribution in [1.82, 2.24) is 20.4 Å².